The van der Waals surface area contributed by atoms with Crippen molar-refractivity contribution in [3.8, 4) is 11.5 Å². The van der Waals surface area contributed by atoms with Crippen LogP contribution in [0.1, 0.15) is 41.3 Å². The average molecular weight is 313 g/mol. The van der Waals surface area contributed by atoms with Gasteiger partial charge in [-0.2, -0.15) is 0 Å². The SMILES string of the molecule is COc1ccc(NC(=O)c2cc(C(C)C)c(OC)cc2C)cc1. The largest absolute Gasteiger partial charge is 0.497 e. The van der Waals surface area contributed by atoms with Gasteiger partial charge in [-0.1, -0.05) is 13.8 Å². The van der Waals surface area contributed by atoms with Crippen molar-refractivity contribution in [2.45, 2.75) is 26.7 Å². The molecule has 0 saturated heterocycles. The highest BCUT2D eigenvalue weighted by Crippen LogP contribution is 2.30. The number of benzene rings is 2. The lowest BCUT2D eigenvalue weighted by Gasteiger charge is -2.16. The van der Waals surface area contributed by atoms with Crippen LogP contribution < -0.4 is 14.8 Å². The van der Waals surface area contributed by atoms with Crippen molar-refractivity contribution in [1.29, 1.82) is 0 Å². The van der Waals surface area contributed by atoms with Crippen LogP contribution in [0.4, 0.5) is 5.69 Å². The lowest BCUT2D eigenvalue weighted by molar-refractivity contribution is 0.102. The Balaban J connectivity index is 2.29. The van der Waals surface area contributed by atoms with E-state index >= 15 is 0 Å². The highest BCUT2D eigenvalue weighted by Gasteiger charge is 2.16. The van der Waals surface area contributed by atoms with Crippen LogP contribution in [-0.4, -0.2) is 20.1 Å². The van der Waals surface area contributed by atoms with Crippen LogP contribution in [0, 0.1) is 6.92 Å². The number of amides is 1. The Hall–Kier alpha value is -2.49. The summed E-state index contributed by atoms with van der Waals surface area (Å²) in [4.78, 5) is 12.6. The second kappa shape index (κ2) is 7.18. The van der Waals surface area contributed by atoms with Gasteiger partial charge in [0.2, 0.25) is 0 Å². The molecule has 0 aliphatic heterocycles. The monoisotopic (exact) mass is 313 g/mol. The van der Waals surface area contributed by atoms with E-state index in [1.807, 2.05) is 43.3 Å². The zero-order valence-corrected chi connectivity index (χ0v) is 14.3. The Bertz CT molecular complexity index is 691. The third-order valence-electron chi connectivity index (χ3n) is 3.79. The fourth-order valence-electron chi connectivity index (χ4n) is 2.44. The van der Waals surface area contributed by atoms with Crippen molar-refractivity contribution in [2.75, 3.05) is 19.5 Å². The Morgan fingerprint density at radius 1 is 1.04 bits per heavy atom. The van der Waals surface area contributed by atoms with Gasteiger partial charge in [-0.25, -0.2) is 0 Å². The smallest absolute Gasteiger partial charge is 0.255 e. The van der Waals surface area contributed by atoms with Crippen LogP contribution in [-0.2, 0) is 0 Å². The third-order valence-corrected chi connectivity index (χ3v) is 3.79. The first-order valence-corrected chi connectivity index (χ1v) is 7.60. The maximum atomic E-state index is 12.6. The first kappa shape index (κ1) is 16.9. The van der Waals surface area contributed by atoms with E-state index in [1.165, 1.54) is 0 Å². The minimum Gasteiger partial charge on any atom is -0.497 e. The molecule has 23 heavy (non-hydrogen) atoms. The molecule has 0 aliphatic rings. The van der Waals surface area contributed by atoms with E-state index in [-0.39, 0.29) is 11.8 Å². The van der Waals surface area contributed by atoms with E-state index in [1.54, 1.807) is 14.2 Å². The molecule has 2 rings (SSSR count). The molecule has 4 nitrogen and oxygen atoms in total. The number of carbonyl (C=O) groups excluding carboxylic acids is 1. The third kappa shape index (κ3) is 3.83. The van der Waals surface area contributed by atoms with Crippen molar-refractivity contribution < 1.29 is 14.3 Å². The second-order valence-electron chi connectivity index (χ2n) is 5.75. The van der Waals surface area contributed by atoms with Crippen molar-refractivity contribution in [3.63, 3.8) is 0 Å². The van der Waals surface area contributed by atoms with Crippen LogP contribution in [0.2, 0.25) is 0 Å². The zero-order chi connectivity index (χ0) is 17.0. The summed E-state index contributed by atoms with van der Waals surface area (Å²) in [5.74, 6) is 1.72. The maximum Gasteiger partial charge on any atom is 0.255 e. The molecule has 2 aromatic rings. The number of hydrogen-bond donors (Lipinski definition) is 1. The van der Waals surface area contributed by atoms with Gasteiger partial charge in [0.1, 0.15) is 11.5 Å². The molecule has 0 atom stereocenters. The summed E-state index contributed by atoms with van der Waals surface area (Å²) >= 11 is 0. The molecule has 0 bridgehead atoms. The van der Waals surface area contributed by atoms with Gasteiger partial charge in [-0.05, 0) is 60.4 Å². The van der Waals surface area contributed by atoms with Crippen molar-refractivity contribution in [1.82, 2.24) is 0 Å². The number of methoxy groups -OCH3 is 2. The first-order chi connectivity index (χ1) is 11.0. The number of ether oxygens (including phenoxy) is 2. The number of hydrogen-bond acceptors (Lipinski definition) is 3. The molecule has 0 radical (unpaired) electrons. The van der Waals surface area contributed by atoms with Crippen molar-refractivity contribution in [3.05, 3.63) is 53.1 Å². The predicted octanol–water partition coefficient (Wildman–Crippen LogP) is 4.39. The van der Waals surface area contributed by atoms with Gasteiger partial charge in [0.05, 0.1) is 14.2 Å². The van der Waals surface area contributed by atoms with Crippen LogP contribution in [0.25, 0.3) is 0 Å². The molecule has 0 aromatic heterocycles. The molecule has 1 N–H and O–H groups in total. The molecule has 4 heteroatoms. The van der Waals surface area contributed by atoms with Crippen LogP contribution >= 0.6 is 0 Å². The van der Waals surface area contributed by atoms with Crippen LogP contribution in [0.15, 0.2) is 36.4 Å². The summed E-state index contributed by atoms with van der Waals surface area (Å²) in [6, 6.07) is 11.1. The Labute approximate surface area is 137 Å². The molecule has 122 valence electrons. The second-order valence-corrected chi connectivity index (χ2v) is 5.75. The number of aryl methyl sites for hydroxylation is 1. The van der Waals surface area contributed by atoms with E-state index in [0.29, 0.717) is 5.56 Å². The summed E-state index contributed by atoms with van der Waals surface area (Å²) in [7, 11) is 3.26. The van der Waals surface area contributed by atoms with Gasteiger partial charge in [0.25, 0.3) is 5.91 Å². The number of carbonyl (C=O) groups is 1. The molecular formula is C19H23NO3. The average Bonchev–Trinajstić information content (AvgIpc) is 2.54. The predicted molar refractivity (Wildman–Crippen MR) is 92.8 cm³/mol. The van der Waals surface area contributed by atoms with Crippen LogP contribution in [0.5, 0.6) is 11.5 Å². The molecule has 2 aromatic carbocycles. The summed E-state index contributed by atoms with van der Waals surface area (Å²) in [5, 5.41) is 2.92. The maximum absolute atomic E-state index is 12.6. The van der Waals surface area contributed by atoms with Gasteiger partial charge in [-0.3, -0.25) is 4.79 Å². The summed E-state index contributed by atoms with van der Waals surface area (Å²) < 4.78 is 10.5. The fraction of sp³-hybridized carbons (Fsp3) is 0.316. The summed E-state index contributed by atoms with van der Waals surface area (Å²) in [6.45, 7) is 6.08. The number of nitrogens with one attached hydrogen (secondary N) is 1. The van der Waals surface area contributed by atoms with Gasteiger partial charge in [0.15, 0.2) is 0 Å². The van der Waals surface area contributed by atoms with Gasteiger partial charge in [-0.15, -0.1) is 0 Å². The topological polar surface area (TPSA) is 47.6 Å². The highest BCUT2D eigenvalue weighted by molar-refractivity contribution is 6.05. The molecule has 0 aliphatic carbocycles. The van der Waals surface area contributed by atoms with Crippen LogP contribution in [0.3, 0.4) is 0 Å². The molecule has 0 unspecified atom stereocenters. The number of anilines is 1. The van der Waals surface area contributed by atoms with E-state index in [2.05, 4.69) is 19.2 Å². The molecule has 0 heterocycles. The van der Waals surface area contributed by atoms with Gasteiger partial charge in [0, 0.05) is 11.3 Å². The van der Waals surface area contributed by atoms with E-state index < -0.39 is 0 Å². The molecule has 0 saturated carbocycles. The first-order valence-electron chi connectivity index (χ1n) is 7.60. The highest BCUT2D eigenvalue weighted by atomic mass is 16.5. The van der Waals surface area contributed by atoms with E-state index in [9.17, 15) is 4.79 Å². The quantitative estimate of drug-likeness (QED) is 0.890. The zero-order valence-electron chi connectivity index (χ0n) is 14.3. The standard InChI is InChI=1S/C19H23NO3/c1-12(2)16-11-17(13(3)10-18(16)23-5)19(21)20-14-6-8-15(22-4)9-7-14/h6-12H,1-5H3,(H,20,21). The Kier molecular flexibility index (Phi) is 5.27. The number of rotatable bonds is 5. The van der Waals surface area contributed by atoms with E-state index in [4.69, 9.17) is 9.47 Å². The van der Waals surface area contributed by atoms with Crippen molar-refractivity contribution >= 4 is 11.6 Å². The van der Waals surface area contributed by atoms with Gasteiger partial charge < -0.3 is 14.8 Å². The minimum absolute atomic E-state index is 0.128. The fourth-order valence-corrected chi connectivity index (χ4v) is 2.44. The van der Waals surface area contributed by atoms with E-state index in [0.717, 1.165) is 28.3 Å². The molecular weight excluding hydrogens is 290 g/mol. The molecule has 1 amide bonds. The lowest BCUT2D eigenvalue weighted by atomic mass is 9.96. The molecule has 0 fully saturated rings. The van der Waals surface area contributed by atoms with Crippen molar-refractivity contribution in [2.24, 2.45) is 0 Å². The van der Waals surface area contributed by atoms with Gasteiger partial charge >= 0.3 is 0 Å². The Morgan fingerprint density at radius 3 is 2.22 bits per heavy atom. The lowest BCUT2D eigenvalue weighted by Crippen LogP contribution is -2.14. The summed E-state index contributed by atoms with van der Waals surface area (Å²) in [6.07, 6.45) is 0. The summed E-state index contributed by atoms with van der Waals surface area (Å²) in [5.41, 5.74) is 3.30. The normalized spacial score (nSPS) is 10.5. The Morgan fingerprint density at radius 2 is 1.70 bits per heavy atom. The minimum atomic E-state index is -0.128. The molecule has 0 spiro atoms.